The van der Waals surface area contributed by atoms with Gasteiger partial charge in [-0.1, -0.05) is 12.1 Å². The Morgan fingerprint density at radius 3 is 2.35 bits per heavy atom. The summed E-state index contributed by atoms with van der Waals surface area (Å²) in [5, 5.41) is 8.67. The van der Waals surface area contributed by atoms with Gasteiger partial charge in [0.05, 0.1) is 5.92 Å². The third kappa shape index (κ3) is 5.67. The first-order valence-corrected chi connectivity index (χ1v) is 8.31. The Labute approximate surface area is 136 Å². The number of esters is 1. The van der Waals surface area contributed by atoms with Crippen molar-refractivity contribution in [2.24, 2.45) is 17.6 Å². The minimum absolute atomic E-state index is 0.0179. The number of nitrogens with two attached hydrogens (primary N) is 1. The van der Waals surface area contributed by atoms with Crippen LogP contribution in [0.15, 0.2) is 24.3 Å². The molecule has 1 aliphatic rings. The minimum atomic E-state index is -0.814. The summed E-state index contributed by atoms with van der Waals surface area (Å²) in [7, 11) is 0. The van der Waals surface area contributed by atoms with Crippen molar-refractivity contribution in [1.29, 1.82) is 0 Å². The number of carbonyl (C=O) groups excluding carboxylic acids is 1. The lowest BCUT2D eigenvalue weighted by molar-refractivity contribution is -0.140. The Hall–Kier alpha value is -1.88. The summed E-state index contributed by atoms with van der Waals surface area (Å²) >= 11 is 0. The van der Waals surface area contributed by atoms with Crippen LogP contribution >= 0.6 is 0 Å². The molecule has 5 heteroatoms. The van der Waals surface area contributed by atoms with Gasteiger partial charge in [-0.25, -0.2) is 0 Å². The molecule has 2 rings (SSSR count). The van der Waals surface area contributed by atoms with E-state index >= 15 is 0 Å². The number of benzene rings is 1. The van der Waals surface area contributed by atoms with Crippen LogP contribution in [-0.4, -0.2) is 23.6 Å². The van der Waals surface area contributed by atoms with E-state index in [0.717, 1.165) is 37.7 Å². The van der Waals surface area contributed by atoms with Crippen molar-refractivity contribution in [1.82, 2.24) is 0 Å². The Morgan fingerprint density at radius 2 is 1.78 bits per heavy atom. The summed E-state index contributed by atoms with van der Waals surface area (Å²) in [5.41, 5.74) is 6.51. The molecular weight excluding hydrogens is 294 g/mol. The second-order valence-corrected chi connectivity index (χ2v) is 6.25. The van der Waals surface area contributed by atoms with Gasteiger partial charge in [-0.2, -0.15) is 0 Å². The number of rotatable bonds is 7. The lowest BCUT2D eigenvalue weighted by Gasteiger charge is -2.26. The molecule has 0 bridgehead atoms. The van der Waals surface area contributed by atoms with Crippen LogP contribution in [0.4, 0.5) is 0 Å². The maximum Gasteiger partial charge on any atom is 0.314 e. The molecule has 0 spiro atoms. The zero-order valence-corrected chi connectivity index (χ0v) is 13.4. The van der Waals surface area contributed by atoms with E-state index in [1.807, 2.05) is 12.1 Å². The number of carbonyl (C=O) groups is 2. The van der Waals surface area contributed by atoms with E-state index in [4.69, 9.17) is 15.6 Å². The van der Waals surface area contributed by atoms with E-state index in [-0.39, 0.29) is 18.3 Å². The van der Waals surface area contributed by atoms with Gasteiger partial charge in [0.1, 0.15) is 5.75 Å². The average Bonchev–Trinajstić information content (AvgIpc) is 2.55. The quantitative estimate of drug-likeness (QED) is 0.596. The molecule has 0 unspecified atom stereocenters. The van der Waals surface area contributed by atoms with Crippen LogP contribution in [0.1, 0.15) is 44.1 Å². The smallest absolute Gasteiger partial charge is 0.314 e. The molecule has 5 nitrogen and oxygen atoms in total. The van der Waals surface area contributed by atoms with Gasteiger partial charge in [0, 0.05) is 6.42 Å². The number of hydrogen-bond donors (Lipinski definition) is 2. The van der Waals surface area contributed by atoms with Gasteiger partial charge in [0.15, 0.2) is 0 Å². The standard InChI is InChI=1S/C18H25NO4/c19-12-11-14-1-6-15(7-2-14)18(22)23-16-8-3-13(4-9-16)5-10-17(20)21/h3-4,8-9,14-15H,1-2,5-7,10-12,19H2,(H,20,21). The van der Waals surface area contributed by atoms with Crippen molar-refractivity contribution >= 4 is 11.9 Å². The van der Waals surface area contributed by atoms with Crippen molar-refractivity contribution in [3.63, 3.8) is 0 Å². The zero-order valence-electron chi connectivity index (χ0n) is 13.4. The second kappa shape index (κ2) is 8.67. The Morgan fingerprint density at radius 1 is 1.13 bits per heavy atom. The summed E-state index contributed by atoms with van der Waals surface area (Å²) in [4.78, 5) is 22.8. The lowest BCUT2D eigenvalue weighted by Crippen LogP contribution is -2.26. The minimum Gasteiger partial charge on any atom is -0.481 e. The number of hydrogen-bond acceptors (Lipinski definition) is 4. The largest absolute Gasteiger partial charge is 0.481 e. The SMILES string of the molecule is NCCC1CCC(C(=O)Oc2ccc(CCC(=O)O)cc2)CC1. The van der Waals surface area contributed by atoms with Crippen LogP contribution in [0.25, 0.3) is 0 Å². The predicted molar refractivity (Wildman–Crippen MR) is 87.2 cm³/mol. The molecule has 0 aromatic heterocycles. The fraction of sp³-hybridized carbons (Fsp3) is 0.556. The van der Waals surface area contributed by atoms with E-state index in [0.29, 0.717) is 24.6 Å². The van der Waals surface area contributed by atoms with Crippen molar-refractivity contribution < 1.29 is 19.4 Å². The monoisotopic (exact) mass is 319 g/mol. The van der Waals surface area contributed by atoms with Gasteiger partial charge in [-0.15, -0.1) is 0 Å². The molecule has 1 saturated carbocycles. The molecule has 0 heterocycles. The molecular formula is C18H25NO4. The first-order chi connectivity index (χ1) is 11.1. The topological polar surface area (TPSA) is 89.6 Å². The van der Waals surface area contributed by atoms with Crippen molar-refractivity contribution in [2.75, 3.05) is 6.54 Å². The molecule has 0 saturated heterocycles. The second-order valence-electron chi connectivity index (χ2n) is 6.25. The van der Waals surface area contributed by atoms with Crippen LogP contribution in [0.2, 0.25) is 0 Å². The molecule has 3 N–H and O–H groups in total. The highest BCUT2D eigenvalue weighted by Crippen LogP contribution is 2.31. The predicted octanol–water partition coefficient (Wildman–Crippen LogP) is 2.76. The van der Waals surface area contributed by atoms with Gasteiger partial charge >= 0.3 is 11.9 Å². The molecule has 1 fully saturated rings. The van der Waals surface area contributed by atoms with Gasteiger partial charge < -0.3 is 15.6 Å². The maximum atomic E-state index is 12.2. The fourth-order valence-electron chi connectivity index (χ4n) is 3.10. The van der Waals surface area contributed by atoms with Crippen LogP contribution in [0.3, 0.4) is 0 Å². The van der Waals surface area contributed by atoms with E-state index < -0.39 is 5.97 Å². The van der Waals surface area contributed by atoms with Crippen LogP contribution in [0.5, 0.6) is 5.75 Å². The molecule has 0 radical (unpaired) electrons. The van der Waals surface area contributed by atoms with Crippen LogP contribution < -0.4 is 10.5 Å². The van der Waals surface area contributed by atoms with Crippen LogP contribution in [-0.2, 0) is 16.0 Å². The summed E-state index contributed by atoms with van der Waals surface area (Å²) in [6, 6.07) is 7.08. The third-order valence-corrected chi connectivity index (χ3v) is 4.52. The average molecular weight is 319 g/mol. The first-order valence-electron chi connectivity index (χ1n) is 8.31. The van der Waals surface area contributed by atoms with Gasteiger partial charge in [0.25, 0.3) is 0 Å². The third-order valence-electron chi connectivity index (χ3n) is 4.52. The molecule has 1 aromatic carbocycles. The number of carboxylic acid groups (broad SMARTS) is 1. The first kappa shape index (κ1) is 17.5. The molecule has 0 atom stereocenters. The van der Waals surface area contributed by atoms with Crippen molar-refractivity contribution in [3.05, 3.63) is 29.8 Å². The summed E-state index contributed by atoms with van der Waals surface area (Å²) in [6.07, 6.45) is 5.47. The van der Waals surface area contributed by atoms with Crippen molar-refractivity contribution in [2.45, 2.75) is 44.9 Å². The summed E-state index contributed by atoms with van der Waals surface area (Å²) in [6.45, 7) is 0.716. The molecule has 0 aliphatic heterocycles. The number of aliphatic carboxylic acids is 1. The van der Waals surface area contributed by atoms with Crippen molar-refractivity contribution in [3.8, 4) is 5.75 Å². The fourth-order valence-corrected chi connectivity index (χ4v) is 3.10. The maximum absolute atomic E-state index is 12.2. The van der Waals surface area contributed by atoms with Gasteiger partial charge in [-0.3, -0.25) is 9.59 Å². The molecule has 1 aromatic rings. The molecule has 23 heavy (non-hydrogen) atoms. The normalized spacial score (nSPS) is 20.9. The van der Waals surface area contributed by atoms with Crippen LogP contribution in [0, 0.1) is 11.8 Å². The van der Waals surface area contributed by atoms with Gasteiger partial charge in [-0.05, 0) is 68.7 Å². The summed E-state index contributed by atoms with van der Waals surface area (Å²) in [5.74, 6) is 0.187. The summed E-state index contributed by atoms with van der Waals surface area (Å²) < 4.78 is 5.45. The van der Waals surface area contributed by atoms with E-state index in [1.165, 1.54) is 0 Å². The highest BCUT2D eigenvalue weighted by Gasteiger charge is 2.27. The Bertz CT molecular complexity index is 518. The highest BCUT2D eigenvalue weighted by molar-refractivity contribution is 5.75. The Balaban J connectivity index is 1.80. The van der Waals surface area contributed by atoms with E-state index in [2.05, 4.69) is 0 Å². The number of carboxylic acids is 1. The molecule has 126 valence electrons. The lowest BCUT2D eigenvalue weighted by atomic mass is 9.80. The van der Waals surface area contributed by atoms with Gasteiger partial charge in [0.2, 0.25) is 0 Å². The number of ether oxygens (including phenoxy) is 1. The van der Waals surface area contributed by atoms with E-state index in [9.17, 15) is 9.59 Å². The molecule has 0 amide bonds. The Kier molecular flexibility index (Phi) is 6.59. The highest BCUT2D eigenvalue weighted by atomic mass is 16.5. The molecule has 1 aliphatic carbocycles. The number of aryl methyl sites for hydroxylation is 1. The van der Waals surface area contributed by atoms with E-state index in [1.54, 1.807) is 12.1 Å². The zero-order chi connectivity index (χ0) is 16.7.